The van der Waals surface area contributed by atoms with Crippen LogP contribution in [0.1, 0.15) is 60.6 Å². The maximum absolute atomic E-state index is 12.9. The second kappa shape index (κ2) is 6.98. The first-order valence-corrected chi connectivity index (χ1v) is 8.42. The lowest BCUT2D eigenvalue weighted by Crippen LogP contribution is -2.33. The second-order valence-corrected chi connectivity index (χ2v) is 6.15. The first-order chi connectivity index (χ1) is 11.6. The van der Waals surface area contributed by atoms with E-state index in [1.54, 1.807) is 4.90 Å². The van der Waals surface area contributed by atoms with Crippen LogP contribution in [-0.4, -0.2) is 32.3 Å². The van der Waals surface area contributed by atoms with Gasteiger partial charge in [-0.1, -0.05) is 18.5 Å². The molecule has 128 valence electrons. The highest BCUT2D eigenvalue weighted by Crippen LogP contribution is 2.32. The molecule has 24 heavy (non-hydrogen) atoms. The molecule has 3 heterocycles. The number of aromatic nitrogens is 3. The van der Waals surface area contributed by atoms with E-state index in [-0.39, 0.29) is 17.5 Å². The molecule has 0 radical (unpaired) electrons. The van der Waals surface area contributed by atoms with E-state index in [1.807, 2.05) is 13.0 Å². The molecule has 1 aliphatic rings. The highest BCUT2D eigenvalue weighted by atomic mass is 16.5. The third-order valence-electron chi connectivity index (χ3n) is 4.31. The molecule has 1 atom stereocenters. The van der Waals surface area contributed by atoms with Gasteiger partial charge in [-0.3, -0.25) is 9.59 Å². The molecule has 0 N–H and O–H groups in total. The molecular weight excluding hydrogens is 308 g/mol. The average molecular weight is 330 g/mol. The normalized spacial score (nSPS) is 17.4. The van der Waals surface area contributed by atoms with Crippen LogP contribution < -0.4 is 5.56 Å². The summed E-state index contributed by atoms with van der Waals surface area (Å²) in [4.78, 5) is 26.5. The van der Waals surface area contributed by atoms with Crippen LogP contribution in [0.2, 0.25) is 0 Å². The first-order valence-electron chi connectivity index (χ1n) is 8.42. The highest BCUT2D eigenvalue weighted by molar-refractivity contribution is 5.92. The third-order valence-corrected chi connectivity index (χ3v) is 4.31. The Morgan fingerprint density at radius 2 is 2.25 bits per heavy atom. The SMILES string of the molecule is CCCCn1nc(C(=O)N2CCC[C@@H]2c2cc(C)on2)ccc1=O. The number of rotatable bonds is 5. The Morgan fingerprint density at radius 3 is 2.96 bits per heavy atom. The van der Waals surface area contributed by atoms with Crippen molar-refractivity contribution in [3.63, 3.8) is 0 Å². The number of unbranched alkanes of at least 4 members (excludes halogenated alkanes) is 1. The second-order valence-electron chi connectivity index (χ2n) is 6.15. The summed E-state index contributed by atoms with van der Waals surface area (Å²) >= 11 is 0. The molecule has 3 rings (SSSR count). The lowest BCUT2D eigenvalue weighted by molar-refractivity contribution is 0.0721. The molecule has 0 aromatic carbocycles. The van der Waals surface area contributed by atoms with Gasteiger partial charge in [0.25, 0.3) is 11.5 Å². The van der Waals surface area contributed by atoms with E-state index in [0.29, 0.717) is 18.8 Å². The summed E-state index contributed by atoms with van der Waals surface area (Å²) < 4.78 is 6.52. The zero-order valence-corrected chi connectivity index (χ0v) is 14.1. The number of hydrogen-bond acceptors (Lipinski definition) is 5. The van der Waals surface area contributed by atoms with Gasteiger partial charge in [0, 0.05) is 25.2 Å². The number of hydrogen-bond donors (Lipinski definition) is 0. The maximum atomic E-state index is 12.9. The topological polar surface area (TPSA) is 81.2 Å². The van der Waals surface area contributed by atoms with Crippen molar-refractivity contribution in [3.8, 4) is 0 Å². The summed E-state index contributed by atoms with van der Waals surface area (Å²) in [5.74, 6) is 0.568. The molecule has 1 saturated heterocycles. The zero-order valence-electron chi connectivity index (χ0n) is 14.1. The molecule has 0 spiro atoms. The minimum Gasteiger partial charge on any atom is -0.361 e. The van der Waals surface area contributed by atoms with E-state index < -0.39 is 0 Å². The van der Waals surface area contributed by atoms with Crippen molar-refractivity contribution in [1.29, 1.82) is 0 Å². The van der Waals surface area contributed by atoms with Crippen molar-refractivity contribution in [2.45, 2.75) is 52.1 Å². The van der Waals surface area contributed by atoms with Crippen molar-refractivity contribution in [3.05, 3.63) is 45.7 Å². The van der Waals surface area contributed by atoms with Gasteiger partial charge in [0.1, 0.15) is 17.1 Å². The van der Waals surface area contributed by atoms with Crippen molar-refractivity contribution in [1.82, 2.24) is 19.8 Å². The summed E-state index contributed by atoms with van der Waals surface area (Å²) in [6.07, 6.45) is 3.59. The molecule has 0 unspecified atom stereocenters. The quantitative estimate of drug-likeness (QED) is 0.840. The number of carbonyl (C=O) groups excluding carboxylic acids is 1. The van der Waals surface area contributed by atoms with E-state index in [9.17, 15) is 9.59 Å². The van der Waals surface area contributed by atoms with Gasteiger partial charge in [0.15, 0.2) is 0 Å². The molecule has 1 fully saturated rings. The summed E-state index contributed by atoms with van der Waals surface area (Å²) in [7, 11) is 0. The van der Waals surface area contributed by atoms with Crippen LogP contribution in [0.25, 0.3) is 0 Å². The van der Waals surface area contributed by atoms with Gasteiger partial charge in [-0.2, -0.15) is 5.10 Å². The standard InChI is InChI=1S/C17H22N4O3/c1-3-4-10-21-16(22)8-7-13(18-21)17(23)20-9-5-6-15(20)14-11-12(2)24-19-14/h7-8,11,15H,3-6,9-10H2,1-2H3/t15-/m1/s1. The summed E-state index contributed by atoms with van der Waals surface area (Å²) in [5, 5.41) is 8.31. The van der Waals surface area contributed by atoms with Gasteiger partial charge in [-0.05, 0) is 32.3 Å². The van der Waals surface area contributed by atoms with Crippen molar-refractivity contribution < 1.29 is 9.32 Å². The number of likely N-dealkylation sites (tertiary alicyclic amines) is 1. The molecule has 1 aliphatic heterocycles. The van der Waals surface area contributed by atoms with Crippen LogP contribution >= 0.6 is 0 Å². The van der Waals surface area contributed by atoms with Crippen LogP contribution in [0.15, 0.2) is 27.5 Å². The molecule has 0 bridgehead atoms. The molecule has 7 nitrogen and oxygen atoms in total. The fraction of sp³-hybridized carbons (Fsp3) is 0.529. The fourth-order valence-electron chi connectivity index (χ4n) is 3.04. The fourth-order valence-corrected chi connectivity index (χ4v) is 3.04. The lowest BCUT2D eigenvalue weighted by Gasteiger charge is -2.22. The zero-order chi connectivity index (χ0) is 17.1. The molecule has 2 aromatic rings. The van der Waals surface area contributed by atoms with Gasteiger partial charge >= 0.3 is 0 Å². The van der Waals surface area contributed by atoms with Gasteiger partial charge in [0.2, 0.25) is 0 Å². The summed E-state index contributed by atoms with van der Waals surface area (Å²) in [6, 6.07) is 4.71. The van der Waals surface area contributed by atoms with E-state index in [4.69, 9.17) is 4.52 Å². The molecular formula is C17H22N4O3. The molecule has 1 amide bonds. The largest absolute Gasteiger partial charge is 0.361 e. The van der Waals surface area contributed by atoms with Gasteiger partial charge in [0.05, 0.1) is 6.04 Å². The number of aryl methyl sites for hydroxylation is 2. The monoisotopic (exact) mass is 330 g/mol. The van der Waals surface area contributed by atoms with E-state index in [0.717, 1.165) is 37.1 Å². The van der Waals surface area contributed by atoms with Gasteiger partial charge in [-0.25, -0.2) is 4.68 Å². The van der Waals surface area contributed by atoms with E-state index in [2.05, 4.69) is 17.2 Å². The third kappa shape index (κ3) is 3.25. The van der Waals surface area contributed by atoms with Gasteiger partial charge in [-0.15, -0.1) is 0 Å². The first kappa shape index (κ1) is 16.4. The van der Waals surface area contributed by atoms with Crippen LogP contribution in [-0.2, 0) is 6.54 Å². The average Bonchev–Trinajstić information content (AvgIpc) is 3.22. The van der Waals surface area contributed by atoms with Crippen molar-refractivity contribution in [2.24, 2.45) is 0 Å². The number of amides is 1. The van der Waals surface area contributed by atoms with Crippen LogP contribution in [0.3, 0.4) is 0 Å². The number of nitrogens with zero attached hydrogens (tertiary/aromatic N) is 4. The Morgan fingerprint density at radius 1 is 1.42 bits per heavy atom. The van der Waals surface area contributed by atoms with Crippen LogP contribution in [0.5, 0.6) is 0 Å². The Kier molecular flexibility index (Phi) is 4.78. The smallest absolute Gasteiger partial charge is 0.274 e. The summed E-state index contributed by atoms with van der Waals surface area (Å²) in [6.45, 7) is 5.07. The van der Waals surface area contributed by atoms with Crippen LogP contribution in [0.4, 0.5) is 0 Å². The molecule has 0 saturated carbocycles. The molecule has 0 aliphatic carbocycles. The Bertz CT molecular complexity index is 780. The Hall–Kier alpha value is -2.44. The molecule has 2 aromatic heterocycles. The molecule has 7 heteroatoms. The minimum atomic E-state index is -0.176. The maximum Gasteiger partial charge on any atom is 0.274 e. The highest BCUT2D eigenvalue weighted by Gasteiger charge is 2.33. The number of carbonyl (C=O) groups is 1. The van der Waals surface area contributed by atoms with E-state index in [1.165, 1.54) is 16.8 Å². The predicted octanol–water partition coefficient (Wildman–Crippen LogP) is 2.32. The van der Waals surface area contributed by atoms with E-state index >= 15 is 0 Å². The van der Waals surface area contributed by atoms with Crippen molar-refractivity contribution in [2.75, 3.05) is 6.54 Å². The summed E-state index contributed by atoms with van der Waals surface area (Å²) in [5.41, 5.74) is 0.903. The Labute approximate surface area is 140 Å². The lowest BCUT2D eigenvalue weighted by atomic mass is 10.1. The Balaban J connectivity index is 1.84. The van der Waals surface area contributed by atoms with Crippen molar-refractivity contribution >= 4 is 5.91 Å². The van der Waals surface area contributed by atoms with Gasteiger partial charge < -0.3 is 9.42 Å². The van der Waals surface area contributed by atoms with Crippen LogP contribution in [0, 0.1) is 6.92 Å². The predicted molar refractivity (Wildman–Crippen MR) is 87.7 cm³/mol. The minimum absolute atomic E-state index is 0.0900.